The van der Waals surface area contributed by atoms with Crippen LogP contribution in [-0.2, 0) is 15.3 Å². The van der Waals surface area contributed by atoms with Gasteiger partial charge >= 0.3 is 0 Å². The second-order valence-electron chi connectivity index (χ2n) is 17.5. The molecule has 358 valence electrons. The number of hydrogen-bond donors (Lipinski definition) is 4. The van der Waals surface area contributed by atoms with Gasteiger partial charge in [-0.15, -0.1) is 0 Å². The van der Waals surface area contributed by atoms with Gasteiger partial charge in [0, 0.05) is 34.3 Å². The van der Waals surface area contributed by atoms with Crippen LogP contribution in [0.25, 0.3) is 33.4 Å². The van der Waals surface area contributed by atoms with E-state index in [0.29, 0.717) is 16.3 Å². The van der Waals surface area contributed by atoms with Gasteiger partial charge in [0.1, 0.15) is 46.3 Å². The summed E-state index contributed by atoms with van der Waals surface area (Å²) in [5.74, 6) is -6.27. The summed E-state index contributed by atoms with van der Waals surface area (Å²) in [6, 6.07) is 19.5. The van der Waals surface area contributed by atoms with E-state index >= 15 is 8.78 Å². The highest BCUT2D eigenvalue weighted by molar-refractivity contribution is 6.10. The summed E-state index contributed by atoms with van der Waals surface area (Å²) in [5.41, 5.74) is -1.98. The second kappa shape index (κ2) is 18.7. The molecule has 0 aliphatic carbocycles. The summed E-state index contributed by atoms with van der Waals surface area (Å²) in [6.07, 6.45) is 2.92. The number of nitrogens with one attached hydrogen (secondary N) is 2. The molecule has 1 aliphatic heterocycles. The average molecular weight is 953 g/mol. The molecule has 1 saturated heterocycles. The van der Waals surface area contributed by atoms with Crippen LogP contribution in [-0.4, -0.2) is 81.6 Å². The van der Waals surface area contributed by atoms with Gasteiger partial charge in [-0.3, -0.25) is 13.9 Å². The number of para-hydroxylation sites is 2. The monoisotopic (exact) mass is 952 g/mol. The van der Waals surface area contributed by atoms with Crippen LogP contribution in [0, 0.1) is 34.9 Å². The third kappa shape index (κ3) is 9.63. The van der Waals surface area contributed by atoms with Gasteiger partial charge in [0.15, 0.2) is 11.3 Å². The molecule has 8 aromatic rings. The number of carbonyl (C=O) groups excluding carboxylic acids is 1. The molecule has 69 heavy (non-hydrogen) atoms. The van der Waals surface area contributed by atoms with E-state index in [4.69, 9.17) is 9.47 Å². The van der Waals surface area contributed by atoms with Gasteiger partial charge in [-0.2, -0.15) is 9.97 Å². The summed E-state index contributed by atoms with van der Waals surface area (Å²) < 4.78 is 102. The number of benzene rings is 4. The minimum absolute atomic E-state index is 0.0670. The number of nitrogens with zero attached hydrogens (tertiary/aromatic N) is 6. The number of rotatable bonds is 12. The Morgan fingerprint density at radius 1 is 0.638 bits per heavy atom. The van der Waals surface area contributed by atoms with E-state index in [1.165, 1.54) is 71.6 Å². The zero-order chi connectivity index (χ0) is 49.6. The second-order valence-corrected chi connectivity index (χ2v) is 17.5. The maximum atomic E-state index is 15.2. The Labute approximate surface area is 391 Å². The lowest BCUT2D eigenvalue weighted by Crippen LogP contribution is -2.39. The molecule has 0 bridgehead atoms. The van der Waals surface area contributed by atoms with Crippen molar-refractivity contribution < 1.29 is 50.8 Å². The lowest BCUT2D eigenvalue weighted by atomic mass is 10.0. The zero-order valence-corrected chi connectivity index (χ0v) is 38.0. The number of aliphatic hydroxyl groups is 2. The first-order valence-corrected chi connectivity index (χ1v) is 21.6. The fourth-order valence-corrected chi connectivity index (χ4v) is 7.42. The zero-order valence-electron chi connectivity index (χ0n) is 38.0. The number of anilines is 2. The van der Waals surface area contributed by atoms with Gasteiger partial charge in [0.05, 0.1) is 47.9 Å². The van der Waals surface area contributed by atoms with Crippen molar-refractivity contribution in [3.8, 4) is 11.4 Å². The van der Waals surface area contributed by atoms with Gasteiger partial charge in [-0.1, -0.05) is 24.3 Å². The van der Waals surface area contributed by atoms with Crippen molar-refractivity contribution in [3.05, 3.63) is 167 Å². The molecule has 1 fully saturated rings. The molecule has 0 radical (unpaired) electrons. The molecule has 4 N–H and O–H groups in total. The summed E-state index contributed by atoms with van der Waals surface area (Å²) in [5, 5.41) is 27.3. The van der Waals surface area contributed by atoms with E-state index in [0.717, 1.165) is 41.0 Å². The first kappa shape index (κ1) is 48.3. The summed E-state index contributed by atoms with van der Waals surface area (Å²) in [7, 11) is 0. The van der Waals surface area contributed by atoms with Crippen LogP contribution in [0.5, 0.6) is 0 Å². The molecule has 1 aliphatic rings. The molecule has 0 saturated carbocycles. The normalized spacial score (nSPS) is 14.6. The van der Waals surface area contributed by atoms with Gasteiger partial charge in [-0.25, -0.2) is 36.3 Å². The topological polar surface area (TPSA) is 161 Å². The average Bonchev–Trinajstić information content (AvgIpc) is 4.03. The fourth-order valence-electron chi connectivity index (χ4n) is 7.42. The van der Waals surface area contributed by atoms with E-state index in [1.807, 2.05) is 0 Å². The molecule has 19 heteroatoms. The molecule has 4 aromatic heterocycles. The molecular formula is C50H46F6N8O5. The number of hydrogen-bond acceptors (Lipinski definition) is 11. The Balaban J connectivity index is 0.000000187. The Morgan fingerprint density at radius 2 is 1.06 bits per heavy atom. The Kier molecular flexibility index (Phi) is 13.1. The first-order valence-electron chi connectivity index (χ1n) is 21.6. The van der Waals surface area contributed by atoms with Gasteiger partial charge in [-0.05, 0) is 114 Å². The van der Waals surface area contributed by atoms with Gasteiger partial charge < -0.3 is 30.3 Å². The van der Waals surface area contributed by atoms with Crippen LogP contribution in [0.4, 0.5) is 38.2 Å². The predicted octanol–water partition coefficient (Wildman–Crippen LogP) is 9.30. The Morgan fingerprint density at radius 3 is 1.52 bits per heavy atom. The molecule has 5 heterocycles. The molecule has 4 aromatic carbocycles. The highest BCUT2D eigenvalue weighted by Crippen LogP contribution is 2.43. The van der Waals surface area contributed by atoms with Crippen molar-refractivity contribution in [2.75, 3.05) is 23.8 Å². The Hall–Kier alpha value is -7.19. The van der Waals surface area contributed by atoms with Crippen molar-refractivity contribution in [2.24, 2.45) is 0 Å². The number of ketones is 1. The first-order chi connectivity index (χ1) is 32.7. The van der Waals surface area contributed by atoms with Crippen molar-refractivity contribution >= 4 is 39.7 Å². The van der Waals surface area contributed by atoms with Crippen LogP contribution in [0.3, 0.4) is 0 Å². The van der Waals surface area contributed by atoms with Crippen LogP contribution in [0.2, 0.25) is 0 Å². The lowest BCUT2D eigenvalue weighted by Gasteiger charge is -2.29. The van der Waals surface area contributed by atoms with E-state index in [-0.39, 0.29) is 59.0 Å². The van der Waals surface area contributed by atoms with E-state index in [2.05, 4.69) is 30.6 Å². The highest BCUT2D eigenvalue weighted by atomic mass is 19.2. The van der Waals surface area contributed by atoms with Crippen molar-refractivity contribution in [1.82, 2.24) is 29.1 Å². The number of ether oxygens (including phenoxy) is 2. The number of aromatic nitrogens is 6. The van der Waals surface area contributed by atoms with Crippen LogP contribution in [0.15, 0.2) is 109 Å². The van der Waals surface area contributed by atoms with Gasteiger partial charge in [0.25, 0.3) is 0 Å². The van der Waals surface area contributed by atoms with E-state index in [1.54, 1.807) is 47.6 Å². The molecule has 13 nitrogen and oxygen atoms in total. The summed E-state index contributed by atoms with van der Waals surface area (Å²) in [4.78, 5) is 30.7. The number of halogens is 6. The van der Waals surface area contributed by atoms with Crippen LogP contribution < -0.4 is 10.6 Å². The van der Waals surface area contributed by atoms with Crippen molar-refractivity contribution in [1.29, 1.82) is 0 Å². The maximum absolute atomic E-state index is 15.2. The van der Waals surface area contributed by atoms with Crippen LogP contribution >= 0.6 is 0 Å². The number of carbonyl (C=O) groups is 1. The molecular weight excluding hydrogens is 907 g/mol. The summed E-state index contributed by atoms with van der Waals surface area (Å²) >= 11 is 0. The van der Waals surface area contributed by atoms with E-state index in [9.17, 15) is 32.6 Å². The molecule has 2 atom stereocenters. The minimum Gasteiger partial charge on any atom is -0.388 e. The molecule has 9 rings (SSSR count). The third-order valence-electron chi connectivity index (χ3n) is 11.8. The third-order valence-corrected chi connectivity index (χ3v) is 11.8. The molecule has 0 amide bonds. The molecule has 0 spiro atoms. The highest BCUT2D eigenvalue weighted by Gasteiger charge is 2.45. The Bertz CT molecular complexity index is 3140. The SMILES string of the molecule is C[C@H](Nc1ncc2cc(C(=O)c3ccc(F)cc3)n(-c3c(F)cccc3F)c2n1)C(C)(C)O.C[C@H](Nc1ncc2cc(C3(c4ccc(F)cc4)OCCO3)n(-c3c(F)cccc3F)c2n1)C(C)(C)O. The molecule has 0 unspecified atom stereocenters. The van der Waals surface area contributed by atoms with E-state index < -0.39 is 75.4 Å². The predicted molar refractivity (Wildman–Crippen MR) is 245 cm³/mol. The standard InChI is InChI=1S/C26H25F3N4O3.C24H21F3N4O2/c1-15(25(2,3)34)31-24-30-14-16-13-21(26(35-11-12-36-26)17-7-9-18(27)10-8-17)33(23(16)32-24)22-19(28)5-4-6-20(22)29;1-13(24(2,3)33)29-23-28-12-15-11-19(21(32)14-7-9-16(25)10-8-14)31(22(15)30-23)20-17(26)5-4-6-18(20)27/h4-10,13-15,34H,11-12H2,1-3H3,(H,30,31,32);4-13,33H,1-3H3,(H,28,29,30)/t15-;13-/m00/s1. The largest absolute Gasteiger partial charge is 0.388 e. The van der Waals surface area contributed by atoms with Gasteiger partial charge in [0.2, 0.25) is 23.5 Å². The number of fused-ring (bicyclic) bond motifs is 2. The quantitative estimate of drug-likeness (QED) is 0.0683. The minimum atomic E-state index is -1.57. The van der Waals surface area contributed by atoms with Crippen molar-refractivity contribution in [2.45, 2.75) is 70.6 Å². The fraction of sp³-hybridized carbons (Fsp3) is 0.260. The maximum Gasteiger partial charge on any atom is 0.238 e. The smallest absolute Gasteiger partial charge is 0.238 e. The van der Waals surface area contributed by atoms with Crippen LogP contribution in [0.1, 0.15) is 68.9 Å². The summed E-state index contributed by atoms with van der Waals surface area (Å²) in [6.45, 7) is 10.4. The van der Waals surface area contributed by atoms with Crippen molar-refractivity contribution in [3.63, 3.8) is 0 Å². The lowest BCUT2D eigenvalue weighted by molar-refractivity contribution is -0.133.